The van der Waals surface area contributed by atoms with Crippen molar-refractivity contribution in [2.24, 2.45) is 0 Å². The van der Waals surface area contributed by atoms with Crippen molar-refractivity contribution in [2.45, 2.75) is 25.8 Å². The highest BCUT2D eigenvalue weighted by Crippen LogP contribution is 2.18. The molecule has 0 aliphatic carbocycles. The number of halogens is 2. The quantitative estimate of drug-likeness (QED) is 0.519. The monoisotopic (exact) mass is 451 g/mol. The Morgan fingerprint density at radius 3 is 2.73 bits per heavy atom. The van der Waals surface area contributed by atoms with Crippen LogP contribution in [0.1, 0.15) is 17.5 Å². The number of amides is 2. The van der Waals surface area contributed by atoms with Gasteiger partial charge in [-0.3, -0.25) is 9.59 Å². The number of anilines is 1. The maximum absolute atomic E-state index is 13.6. The van der Waals surface area contributed by atoms with E-state index < -0.39 is 17.7 Å². The van der Waals surface area contributed by atoms with Crippen LogP contribution >= 0.6 is 22.7 Å². The highest BCUT2D eigenvalue weighted by atomic mass is 32.1. The summed E-state index contributed by atoms with van der Waals surface area (Å²) in [5, 5.41) is 9.50. The summed E-state index contributed by atoms with van der Waals surface area (Å²) in [5.41, 5.74) is 0.529. The fraction of sp³-hybridized carbons (Fsp3) is 0.250. The molecule has 3 rings (SSSR count). The van der Waals surface area contributed by atoms with Crippen LogP contribution in [-0.4, -0.2) is 29.4 Å². The molecule has 2 aromatic heterocycles. The topological polar surface area (TPSA) is 80.3 Å². The second-order valence-electron chi connectivity index (χ2n) is 6.48. The number of ether oxygens (including phenoxy) is 1. The van der Waals surface area contributed by atoms with Crippen molar-refractivity contribution in [2.75, 3.05) is 11.9 Å². The number of hydrogen-bond acceptors (Lipinski definition) is 6. The number of benzene rings is 1. The fourth-order valence-electron chi connectivity index (χ4n) is 2.52. The third-order valence-electron chi connectivity index (χ3n) is 3.84. The molecule has 2 amide bonds. The number of rotatable bonds is 9. The first-order valence-electron chi connectivity index (χ1n) is 9.03. The van der Waals surface area contributed by atoms with Gasteiger partial charge < -0.3 is 15.4 Å². The van der Waals surface area contributed by atoms with Gasteiger partial charge in [0.25, 0.3) is 0 Å². The molecule has 1 unspecified atom stereocenters. The number of nitrogens with zero attached hydrogens (tertiary/aromatic N) is 1. The molecule has 3 aromatic rings. The molecule has 1 atom stereocenters. The number of thiazole rings is 1. The van der Waals surface area contributed by atoms with Crippen molar-refractivity contribution in [3.8, 4) is 5.75 Å². The Bertz CT molecular complexity index is 1010. The number of nitrogens with one attached hydrogen (secondary N) is 2. The summed E-state index contributed by atoms with van der Waals surface area (Å²) in [6.45, 7) is 1.73. The standard InChI is InChI=1S/C20H19F2N3O3S2/c1-12(10-28-17-5-4-13(21)7-16(17)22)23-18(26)8-14-11-30-20(24-14)25-19(27)9-15-3-2-6-29-15/h2-7,11-12H,8-10H2,1H3,(H,23,26)(H,24,25,27). The van der Waals surface area contributed by atoms with Gasteiger partial charge in [0.15, 0.2) is 16.7 Å². The summed E-state index contributed by atoms with van der Waals surface area (Å²) in [6.07, 6.45) is 0.311. The molecule has 0 aliphatic rings. The molecule has 2 N–H and O–H groups in total. The Hall–Kier alpha value is -2.85. The number of aromatic nitrogens is 1. The summed E-state index contributed by atoms with van der Waals surface area (Å²) in [6, 6.07) is 6.40. The lowest BCUT2D eigenvalue weighted by molar-refractivity contribution is -0.121. The number of carbonyl (C=O) groups excluding carboxylic acids is 2. The first-order chi connectivity index (χ1) is 14.4. The predicted octanol–water partition coefficient (Wildman–Crippen LogP) is 3.79. The average Bonchev–Trinajstić information content (AvgIpc) is 3.33. The molecule has 6 nitrogen and oxygen atoms in total. The Labute approximate surface area is 179 Å². The van der Waals surface area contributed by atoms with E-state index in [0.29, 0.717) is 10.8 Å². The zero-order valence-electron chi connectivity index (χ0n) is 16.0. The third kappa shape index (κ3) is 6.60. The van der Waals surface area contributed by atoms with Crippen LogP contribution in [0.15, 0.2) is 41.1 Å². The van der Waals surface area contributed by atoms with Gasteiger partial charge in [-0.2, -0.15) is 0 Å². The van der Waals surface area contributed by atoms with Crippen LogP contribution in [0.2, 0.25) is 0 Å². The Balaban J connectivity index is 1.42. The molecular weight excluding hydrogens is 432 g/mol. The lowest BCUT2D eigenvalue weighted by Gasteiger charge is -2.15. The zero-order valence-corrected chi connectivity index (χ0v) is 17.6. The first kappa shape index (κ1) is 21.8. The van der Waals surface area contributed by atoms with Crippen LogP contribution in [0.3, 0.4) is 0 Å². The molecule has 0 bridgehead atoms. The first-order valence-corrected chi connectivity index (χ1v) is 10.8. The second kappa shape index (κ2) is 10.3. The summed E-state index contributed by atoms with van der Waals surface area (Å²) < 4.78 is 31.7. The van der Waals surface area contributed by atoms with Crippen LogP contribution in [0.25, 0.3) is 0 Å². The summed E-state index contributed by atoms with van der Waals surface area (Å²) in [4.78, 5) is 29.4. The van der Waals surface area contributed by atoms with E-state index >= 15 is 0 Å². The highest BCUT2D eigenvalue weighted by Gasteiger charge is 2.14. The van der Waals surface area contributed by atoms with E-state index in [0.717, 1.165) is 17.0 Å². The lowest BCUT2D eigenvalue weighted by atomic mass is 10.3. The molecule has 0 aliphatic heterocycles. The molecule has 2 heterocycles. The highest BCUT2D eigenvalue weighted by molar-refractivity contribution is 7.14. The molecule has 158 valence electrons. The van der Waals surface area contributed by atoms with Gasteiger partial charge in [-0.05, 0) is 30.5 Å². The molecule has 0 spiro atoms. The van der Waals surface area contributed by atoms with Gasteiger partial charge in [0.05, 0.1) is 24.6 Å². The van der Waals surface area contributed by atoms with E-state index in [-0.39, 0.29) is 37.0 Å². The van der Waals surface area contributed by atoms with Crippen LogP contribution in [-0.2, 0) is 22.4 Å². The molecular formula is C20H19F2N3O3S2. The van der Waals surface area contributed by atoms with Crippen molar-refractivity contribution in [3.05, 3.63) is 63.3 Å². The van der Waals surface area contributed by atoms with Gasteiger partial charge >= 0.3 is 0 Å². The zero-order chi connectivity index (χ0) is 21.5. The molecule has 0 saturated heterocycles. The van der Waals surface area contributed by atoms with E-state index in [2.05, 4.69) is 15.6 Å². The average molecular weight is 452 g/mol. The molecule has 10 heteroatoms. The fourth-order valence-corrected chi connectivity index (χ4v) is 3.95. The molecule has 1 aromatic carbocycles. The van der Waals surface area contributed by atoms with Crippen molar-refractivity contribution in [1.82, 2.24) is 10.3 Å². The van der Waals surface area contributed by atoms with Gasteiger partial charge in [0.2, 0.25) is 11.8 Å². The minimum atomic E-state index is -0.801. The minimum absolute atomic E-state index is 0.0232. The van der Waals surface area contributed by atoms with Crippen LogP contribution < -0.4 is 15.4 Å². The van der Waals surface area contributed by atoms with Crippen molar-refractivity contribution < 1.29 is 23.1 Å². The van der Waals surface area contributed by atoms with Gasteiger partial charge in [0.1, 0.15) is 12.4 Å². The third-order valence-corrected chi connectivity index (χ3v) is 5.53. The Kier molecular flexibility index (Phi) is 7.47. The van der Waals surface area contributed by atoms with Crippen LogP contribution in [0.5, 0.6) is 5.75 Å². The van der Waals surface area contributed by atoms with Gasteiger partial charge in [-0.15, -0.1) is 22.7 Å². The van der Waals surface area contributed by atoms with Crippen molar-refractivity contribution in [1.29, 1.82) is 0 Å². The van der Waals surface area contributed by atoms with E-state index in [1.165, 1.54) is 28.7 Å². The maximum atomic E-state index is 13.6. The van der Waals surface area contributed by atoms with Crippen LogP contribution in [0.4, 0.5) is 13.9 Å². The summed E-state index contributed by atoms with van der Waals surface area (Å²) in [7, 11) is 0. The Morgan fingerprint density at radius 2 is 2.00 bits per heavy atom. The van der Waals surface area contributed by atoms with Crippen molar-refractivity contribution in [3.63, 3.8) is 0 Å². The molecule has 0 saturated carbocycles. The summed E-state index contributed by atoms with van der Waals surface area (Å²) >= 11 is 2.75. The van der Waals surface area contributed by atoms with Crippen LogP contribution in [0, 0.1) is 11.6 Å². The van der Waals surface area contributed by atoms with Crippen molar-refractivity contribution >= 4 is 39.6 Å². The SMILES string of the molecule is CC(COc1ccc(F)cc1F)NC(=O)Cc1csc(NC(=O)Cc2cccs2)n1. The largest absolute Gasteiger partial charge is 0.488 e. The van der Waals surface area contributed by atoms with Gasteiger partial charge in [-0.25, -0.2) is 13.8 Å². The maximum Gasteiger partial charge on any atom is 0.231 e. The molecule has 0 fully saturated rings. The second-order valence-corrected chi connectivity index (χ2v) is 8.37. The van der Waals surface area contributed by atoms with E-state index in [1.54, 1.807) is 12.3 Å². The molecule has 30 heavy (non-hydrogen) atoms. The number of thiophene rings is 1. The smallest absolute Gasteiger partial charge is 0.231 e. The van der Waals surface area contributed by atoms with Gasteiger partial charge in [-0.1, -0.05) is 6.07 Å². The lowest BCUT2D eigenvalue weighted by Crippen LogP contribution is -2.37. The summed E-state index contributed by atoms with van der Waals surface area (Å²) in [5.74, 6) is -2.02. The van der Waals surface area contributed by atoms with E-state index in [4.69, 9.17) is 4.74 Å². The van der Waals surface area contributed by atoms with E-state index in [9.17, 15) is 18.4 Å². The molecule has 0 radical (unpaired) electrons. The van der Waals surface area contributed by atoms with Gasteiger partial charge in [0, 0.05) is 16.3 Å². The Morgan fingerprint density at radius 1 is 1.17 bits per heavy atom. The predicted molar refractivity (Wildman–Crippen MR) is 112 cm³/mol. The minimum Gasteiger partial charge on any atom is -0.488 e. The normalized spacial score (nSPS) is 11.7. The van der Waals surface area contributed by atoms with E-state index in [1.807, 2.05) is 17.5 Å². The number of carbonyl (C=O) groups is 2. The number of hydrogen-bond donors (Lipinski definition) is 2.